The number of carbonyl (C=O) groups is 2. The van der Waals surface area contributed by atoms with Gasteiger partial charge in [-0.1, -0.05) is 38.4 Å². The molecule has 0 spiro atoms. The van der Waals surface area contributed by atoms with E-state index in [0.29, 0.717) is 28.1 Å². The van der Waals surface area contributed by atoms with Crippen LogP contribution in [-0.4, -0.2) is 17.9 Å². The number of hydrogen-bond acceptors (Lipinski definition) is 4. The van der Waals surface area contributed by atoms with E-state index in [1.54, 1.807) is 31.2 Å². The lowest BCUT2D eigenvalue weighted by Crippen LogP contribution is -2.30. The van der Waals surface area contributed by atoms with Crippen LogP contribution in [0.5, 0.6) is 5.75 Å². The van der Waals surface area contributed by atoms with Gasteiger partial charge in [0.25, 0.3) is 11.8 Å². The molecule has 1 aromatic heterocycles. The van der Waals surface area contributed by atoms with E-state index in [1.165, 1.54) is 23.5 Å². The molecule has 0 fully saturated rings. The smallest absolute Gasteiger partial charge is 0.416 e. The first-order valence-corrected chi connectivity index (χ1v) is 13.8. The van der Waals surface area contributed by atoms with Crippen molar-refractivity contribution in [1.29, 1.82) is 0 Å². The van der Waals surface area contributed by atoms with Crippen molar-refractivity contribution in [3.63, 3.8) is 0 Å². The molecule has 1 heterocycles. The highest BCUT2D eigenvalue weighted by Gasteiger charge is 2.35. The fourth-order valence-corrected chi connectivity index (χ4v) is 6.06. The lowest BCUT2D eigenvalue weighted by atomic mass is 9.72. The van der Waals surface area contributed by atoms with Crippen molar-refractivity contribution in [1.82, 2.24) is 0 Å². The summed E-state index contributed by atoms with van der Waals surface area (Å²) in [4.78, 5) is 27.6. The molecule has 1 aliphatic rings. The van der Waals surface area contributed by atoms with Crippen LogP contribution in [0.2, 0.25) is 5.02 Å². The van der Waals surface area contributed by atoms with Gasteiger partial charge in [-0.05, 0) is 85.5 Å². The average Bonchev–Trinajstić information content (AvgIpc) is 3.21. The molecule has 2 atom stereocenters. The van der Waals surface area contributed by atoms with Gasteiger partial charge in [0.15, 0.2) is 6.10 Å². The van der Waals surface area contributed by atoms with Crippen LogP contribution in [-0.2, 0) is 23.8 Å². The van der Waals surface area contributed by atoms with Crippen LogP contribution in [0.25, 0.3) is 0 Å². The highest BCUT2D eigenvalue weighted by molar-refractivity contribution is 7.17. The first-order chi connectivity index (χ1) is 18.2. The molecule has 39 heavy (non-hydrogen) atoms. The van der Waals surface area contributed by atoms with Crippen LogP contribution in [0.4, 0.5) is 23.9 Å². The molecule has 0 aliphatic heterocycles. The molecule has 0 radical (unpaired) electrons. The molecule has 1 aliphatic carbocycles. The molecule has 3 aromatic rings. The molecule has 5 nitrogen and oxygen atoms in total. The van der Waals surface area contributed by atoms with Gasteiger partial charge in [0.1, 0.15) is 10.8 Å². The number of hydrogen-bond donors (Lipinski definition) is 2. The Morgan fingerprint density at radius 2 is 1.77 bits per heavy atom. The zero-order valence-corrected chi connectivity index (χ0v) is 23.6. The van der Waals surface area contributed by atoms with E-state index >= 15 is 0 Å². The summed E-state index contributed by atoms with van der Waals surface area (Å²) in [6.07, 6.45) is -3.18. The zero-order chi connectivity index (χ0) is 28.5. The Hall–Kier alpha value is -3.04. The number of halogens is 4. The summed E-state index contributed by atoms with van der Waals surface area (Å²) in [5.41, 5.74) is 0.336. The van der Waals surface area contributed by atoms with Crippen LogP contribution >= 0.6 is 22.9 Å². The predicted molar refractivity (Wildman–Crippen MR) is 149 cm³/mol. The van der Waals surface area contributed by atoms with Crippen LogP contribution in [0.3, 0.4) is 0 Å². The molecule has 2 N–H and O–H groups in total. The van der Waals surface area contributed by atoms with Crippen LogP contribution in [0.15, 0.2) is 48.5 Å². The minimum absolute atomic E-state index is 0.0230. The molecule has 4 rings (SSSR count). The summed E-state index contributed by atoms with van der Waals surface area (Å²) in [5, 5.41) is 6.34. The van der Waals surface area contributed by atoms with E-state index in [0.717, 1.165) is 35.4 Å². The Morgan fingerprint density at radius 1 is 1.08 bits per heavy atom. The fraction of sp³-hybridized carbons (Fsp3) is 0.379. The Morgan fingerprint density at radius 3 is 2.41 bits per heavy atom. The van der Waals surface area contributed by atoms with Crippen LogP contribution in [0, 0.1) is 11.3 Å². The lowest BCUT2D eigenvalue weighted by Gasteiger charge is -2.33. The third-order valence-corrected chi connectivity index (χ3v) is 8.32. The summed E-state index contributed by atoms with van der Waals surface area (Å²) in [6.45, 7) is 8.12. The van der Waals surface area contributed by atoms with Crippen molar-refractivity contribution in [3.05, 3.63) is 75.1 Å². The van der Waals surface area contributed by atoms with E-state index in [4.69, 9.17) is 16.3 Å². The van der Waals surface area contributed by atoms with Gasteiger partial charge in [-0.2, -0.15) is 13.2 Å². The number of amides is 2. The van der Waals surface area contributed by atoms with Gasteiger partial charge in [-0.3, -0.25) is 9.59 Å². The van der Waals surface area contributed by atoms with Crippen LogP contribution < -0.4 is 15.4 Å². The SMILES string of the molecule is CC(Oc1ccc(Cl)cc1)C(=O)Nc1sc2c(c1C(=O)Nc1cccc(C(F)(F)F)c1)CCC(C(C)(C)C)C2. The number of anilines is 2. The summed E-state index contributed by atoms with van der Waals surface area (Å²) in [7, 11) is 0. The number of nitrogens with one attached hydrogen (secondary N) is 2. The zero-order valence-electron chi connectivity index (χ0n) is 22.0. The average molecular weight is 579 g/mol. The van der Waals surface area contributed by atoms with Crippen molar-refractivity contribution < 1.29 is 27.5 Å². The molecular weight excluding hydrogens is 549 g/mol. The minimum atomic E-state index is -4.54. The Bertz CT molecular complexity index is 1360. The molecular formula is C29H30ClF3N2O3S. The highest BCUT2D eigenvalue weighted by atomic mass is 35.5. The van der Waals surface area contributed by atoms with Crippen molar-refractivity contribution in [2.45, 2.75) is 59.2 Å². The molecule has 0 saturated heterocycles. The molecule has 0 saturated carbocycles. The van der Waals surface area contributed by atoms with Gasteiger partial charge in [-0.25, -0.2) is 0 Å². The van der Waals surface area contributed by atoms with Gasteiger partial charge in [0.2, 0.25) is 0 Å². The second kappa shape index (κ2) is 11.2. The standard InChI is InChI=1S/C29H30ClF3N2O3S/c1-16(38-21-11-9-19(30)10-12-21)25(36)35-27-24(22-13-8-17(28(2,3)4)15-23(22)39-27)26(37)34-20-7-5-6-18(14-20)29(31,32)33/h5-7,9-12,14,16-17H,8,13,15H2,1-4H3,(H,34,37)(H,35,36). The van der Waals surface area contributed by atoms with Gasteiger partial charge in [0.05, 0.1) is 11.1 Å². The first-order valence-electron chi connectivity index (χ1n) is 12.6. The largest absolute Gasteiger partial charge is 0.481 e. The van der Waals surface area contributed by atoms with Crippen LogP contribution in [0.1, 0.15) is 60.5 Å². The van der Waals surface area contributed by atoms with E-state index in [9.17, 15) is 22.8 Å². The predicted octanol–water partition coefficient (Wildman–Crippen LogP) is 8.23. The molecule has 2 aromatic carbocycles. The normalized spacial score (nSPS) is 16.3. The van der Waals surface area contributed by atoms with E-state index in [-0.39, 0.29) is 16.7 Å². The van der Waals surface area contributed by atoms with Crippen molar-refractivity contribution >= 4 is 45.4 Å². The molecule has 2 amide bonds. The summed E-state index contributed by atoms with van der Waals surface area (Å²) in [6, 6.07) is 11.1. The third kappa shape index (κ3) is 6.94. The monoisotopic (exact) mass is 578 g/mol. The van der Waals surface area contributed by atoms with E-state index < -0.39 is 29.7 Å². The fourth-order valence-electron chi connectivity index (χ4n) is 4.60. The summed E-state index contributed by atoms with van der Waals surface area (Å²) >= 11 is 7.25. The number of benzene rings is 2. The maximum Gasteiger partial charge on any atom is 0.416 e. The van der Waals surface area contributed by atoms with Gasteiger partial charge >= 0.3 is 6.18 Å². The van der Waals surface area contributed by atoms with Crippen molar-refractivity contribution in [2.24, 2.45) is 11.3 Å². The number of ether oxygens (including phenoxy) is 1. The number of alkyl halides is 3. The third-order valence-electron chi connectivity index (χ3n) is 6.90. The Balaban J connectivity index is 1.62. The summed E-state index contributed by atoms with van der Waals surface area (Å²) < 4.78 is 45.4. The number of carbonyl (C=O) groups excluding carboxylic acids is 2. The second-order valence-corrected chi connectivity index (χ2v) is 12.3. The summed E-state index contributed by atoms with van der Waals surface area (Å²) in [5.74, 6) is -0.173. The molecule has 2 unspecified atom stereocenters. The molecule has 0 bridgehead atoms. The maximum absolute atomic E-state index is 13.5. The number of rotatable bonds is 6. The highest BCUT2D eigenvalue weighted by Crippen LogP contribution is 2.44. The van der Waals surface area contributed by atoms with Gasteiger partial charge in [-0.15, -0.1) is 11.3 Å². The van der Waals surface area contributed by atoms with E-state index in [1.807, 2.05) is 0 Å². The Labute approximate surface area is 234 Å². The molecule has 208 valence electrons. The minimum Gasteiger partial charge on any atom is -0.481 e. The second-order valence-electron chi connectivity index (χ2n) is 10.7. The topological polar surface area (TPSA) is 67.4 Å². The lowest BCUT2D eigenvalue weighted by molar-refractivity contribution is -0.137. The van der Waals surface area contributed by atoms with Gasteiger partial charge < -0.3 is 15.4 Å². The van der Waals surface area contributed by atoms with Gasteiger partial charge in [0, 0.05) is 15.6 Å². The first kappa shape index (κ1) is 29.0. The van der Waals surface area contributed by atoms with Crippen molar-refractivity contribution in [2.75, 3.05) is 10.6 Å². The molecule has 10 heteroatoms. The Kier molecular flexibility index (Phi) is 8.33. The van der Waals surface area contributed by atoms with Crippen molar-refractivity contribution in [3.8, 4) is 5.75 Å². The number of fused-ring (bicyclic) bond motifs is 1. The quantitative estimate of drug-likeness (QED) is 0.309. The maximum atomic E-state index is 13.5. The van der Waals surface area contributed by atoms with E-state index in [2.05, 4.69) is 31.4 Å². The number of thiophene rings is 1.